The molecule has 1 saturated heterocycles. The molecular formula is C15H23FN2. The van der Waals surface area contributed by atoms with E-state index in [4.69, 9.17) is 5.73 Å². The lowest BCUT2D eigenvalue weighted by molar-refractivity contribution is 0.123. The number of aryl methyl sites for hydroxylation is 1. The summed E-state index contributed by atoms with van der Waals surface area (Å²) < 4.78 is 13.5. The van der Waals surface area contributed by atoms with Crippen molar-refractivity contribution in [2.75, 3.05) is 6.54 Å². The lowest BCUT2D eigenvalue weighted by atomic mass is 9.96. The molecule has 2 atom stereocenters. The summed E-state index contributed by atoms with van der Waals surface area (Å²) in [7, 11) is 0. The first-order valence-electron chi connectivity index (χ1n) is 6.82. The number of rotatable bonds is 3. The molecule has 2 unspecified atom stereocenters. The Kier molecular flexibility index (Phi) is 4.36. The molecule has 100 valence electrons. The van der Waals surface area contributed by atoms with Crippen molar-refractivity contribution < 1.29 is 4.39 Å². The Morgan fingerprint density at radius 3 is 2.89 bits per heavy atom. The maximum absolute atomic E-state index is 13.5. The van der Waals surface area contributed by atoms with E-state index in [-0.39, 0.29) is 11.9 Å². The van der Waals surface area contributed by atoms with E-state index in [0.717, 1.165) is 25.1 Å². The first kappa shape index (κ1) is 13.5. The highest BCUT2D eigenvalue weighted by Crippen LogP contribution is 2.22. The Labute approximate surface area is 109 Å². The summed E-state index contributed by atoms with van der Waals surface area (Å²) in [5.41, 5.74) is 7.81. The van der Waals surface area contributed by atoms with Gasteiger partial charge in [0.25, 0.3) is 0 Å². The minimum atomic E-state index is -0.109. The molecular weight excluding hydrogens is 227 g/mol. The maximum Gasteiger partial charge on any atom is 0.126 e. The molecule has 0 bridgehead atoms. The number of halogens is 1. The molecule has 2 N–H and O–H groups in total. The first-order chi connectivity index (χ1) is 8.58. The van der Waals surface area contributed by atoms with Gasteiger partial charge in [0, 0.05) is 18.6 Å². The fraction of sp³-hybridized carbons (Fsp3) is 0.600. The van der Waals surface area contributed by atoms with Crippen LogP contribution in [0.2, 0.25) is 0 Å². The third-order valence-corrected chi connectivity index (χ3v) is 3.89. The van der Waals surface area contributed by atoms with Gasteiger partial charge in [-0.1, -0.05) is 18.6 Å². The maximum atomic E-state index is 13.5. The van der Waals surface area contributed by atoms with Gasteiger partial charge in [0.15, 0.2) is 0 Å². The van der Waals surface area contributed by atoms with E-state index >= 15 is 0 Å². The van der Waals surface area contributed by atoms with E-state index in [1.165, 1.54) is 12.8 Å². The number of nitrogens with zero attached hydrogens (tertiary/aromatic N) is 1. The predicted octanol–water partition coefficient (Wildman–Crippen LogP) is 2.84. The second-order valence-electron chi connectivity index (χ2n) is 5.48. The number of hydrogen-bond acceptors (Lipinski definition) is 2. The van der Waals surface area contributed by atoms with Crippen LogP contribution in [0.25, 0.3) is 0 Å². The highest BCUT2D eigenvalue weighted by Gasteiger charge is 2.25. The van der Waals surface area contributed by atoms with Gasteiger partial charge in [-0.15, -0.1) is 0 Å². The van der Waals surface area contributed by atoms with Crippen LogP contribution in [0, 0.1) is 12.7 Å². The van der Waals surface area contributed by atoms with E-state index in [0.29, 0.717) is 11.6 Å². The molecule has 0 radical (unpaired) electrons. The summed E-state index contributed by atoms with van der Waals surface area (Å²) in [5.74, 6) is -0.109. The van der Waals surface area contributed by atoms with Crippen molar-refractivity contribution >= 4 is 0 Å². The lowest BCUT2D eigenvalue weighted by Crippen LogP contribution is -2.48. The van der Waals surface area contributed by atoms with Crippen LogP contribution in [0.3, 0.4) is 0 Å². The topological polar surface area (TPSA) is 29.3 Å². The lowest BCUT2D eigenvalue weighted by Gasteiger charge is -2.38. The van der Waals surface area contributed by atoms with Gasteiger partial charge in [0.05, 0.1) is 0 Å². The van der Waals surface area contributed by atoms with Crippen molar-refractivity contribution in [2.45, 2.75) is 51.7 Å². The van der Waals surface area contributed by atoms with Crippen LogP contribution in [-0.4, -0.2) is 23.5 Å². The fourth-order valence-corrected chi connectivity index (χ4v) is 2.78. The fourth-order valence-electron chi connectivity index (χ4n) is 2.78. The van der Waals surface area contributed by atoms with Crippen molar-refractivity contribution in [3.63, 3.8) is 0 Å². The van der Waals surface area contributed by atoms with Crippen molar-refractivity contribution in [1.29, 1.82) is 0 Å². The summed E-state index contributed by atoms with van der Waals surface area (Å²) in [4.78, 5) is 2.40. The van der Waals surface area contributed by atoms with Crippen molar-refractivity contribution in [1.82, 2.24) is 4.90 Å². The summed E-state index contributed by atoms with van der Waals surface area (Å²) in [6, 6.07) is 6.15. The number of hydrogen-bond donors (Lipinski definition) is 1. The predicted molar refractivity (Wildman–Crippen MR) is 72.8 cm³/mol. The number of benzene rings is 1. The molecule has 3 heteroatoms. The molecule has 1 aromatic rings. The van der Waals surface area contributed by atoms with E-state index in [9.17, 15) is 4.39 Å². The Morgan fingerprint density at radius 2 is 2.22 bits per heavy atom. The van der Waals surface area contributed by atoms with Crippen LogP contribution >= 0.6 is 0 Å². The van der Waals surface area contributed by atoms with Crippen molar-refractivity contribution in [3.8, 4) is 0 Å². The minimum Gasteiger partial charge on any atom is -0.327 e. The van der Waals surface area contributed by atoms with Crippen LogP contribution in [0.5, 0.6) is 0 Å². The molecule has 1 aliphatic heterocycles. The minimum absolute atomic E-state index is 0.109. The Morgan fingerprint density at radius 1 is 1.44 bits per heavy atom. The third kappa shape index (κ3) is 3.09. The van der Waals surface area contributed by atoms with Crippen molar-refractivity contribution in [3.05, 3.63) is 35.1 Å². The number of piperidine rings is 1. The van der Waals surface area contributed by atoms with Crippen LogP contribution in [0.4, 0.5) is 4.39 Å². The second kappa shape index (κ2) is 5.81. The largest absolute Gasteiger partial charge is 0.327 e. The standard InChI is InChI=1S/C15H23FN2/c1-11-6-7-13(9-14(11)16)10-18-8-4-3-5-15(18)12(2)17/h6-7,9,12,15H,3-5,8,10,17H2,1-2H3. The van der Waals surface area contributed by atoms with Gasteiger partial charge in [-0.05, 0) is 50.4 Å². The van der Waals surface area contributed by atoms with Gasteiger partial charge in [0.1, 0.15) is 5.82 Å². The average molecular weight is 250 g/mol. The van der Waals surface area contributed by atoms with E-state index < -0.39 is 0 Å². The summed E-state index contributed by atoms with van der Waals surface area (Å²) in [6.45, 7) is 5.74. The Hall–Kier alpha value is -0.930. The average Bonchev–Trinajstić information content (AvgIpc) is 2.34. The Balaban J connectivity index is 2.08. The molecule has 0 amide bonds. The smallest absolute Gasteiger partial charge is 0.126 e. The third-order valence-electron chi connectivity index (χ3n) is 3.89. The van der Waals surface area contributed by atoms with Gasteiger partial charge in [-0.25, -0.2) is 4.39 Å². The summed E-state index contributed by atoms with van der Waals surface area (Å²) in [6.07, 6.45) is 3.63. The summed E-state index contributed by atoms with van der Waals surface area (Å²) >= 11 is 0. The molecule has 0 aliphatic carbocycles. The molecule has 18 heavy (non-hydrogen) atoms. The van der Waals surface area contributed by atoms with Gasteiger partial charge in [-0.2, -0.15) is 0 Å². The Bertz CT molecular complexity index is 403. The quantitative estimate of drug-likeness (QED) is 0.894. The number of nitrogens with two attached hydrogens (primary N) is 1. The second-order valence-corrected chi connectivity index (χ2v) is 5.48. The number of likely N-dealkylation sites (tertiary alicyclic amines) is 1. The highest BCUT2D eigenvalue weighted by atomic mass is 19.1. The molecule has 1 fully saturated rings. The van der Waals surface area contributed by atoms with E-state index in [1.807, 2.05) is 12.1 Å². The zero-order chi connectivity index (χ0) is 13.1. The van der Waals surface area contributed by atoms with Gasteiger partial charge in [-0.3, -0.25) is 4.90 Å². The molecule has 1 aliphatic rings. The van der Waals surface area contributed by atoms with Crippen molar-refractivity contribution in [2.24, 2.45) is 5.73 Å². The molecule has 2 rings (SSSR count). The van der Waals surface area contributed by atoms with Gasteiger partial charge < -0.3 is 5.73 Å². The summed E-state index contributed by atoms with van der Waals surface area (Å²) in [5, 5.41) is 0. The molecule has 0 saturated carbocycles. The SMILES string of the molecule is Cc1ccc(CN2CCCCC2C(C)N)cc1F. The van der Waals surface area contributed by atoms with Crippen LogP contribution in [0.15, 0.2) is 18.2 Å². The molecule has 0 spiro atoms. The molecule has 1 heterocycles. The normalized spacial score (nSPS) is 23.0. The van der Waals surface area contributed by atoms with Gasteiger partial charge in [0.2, 0.25) is 0 Å². The highest BCUT2D eigenvalue weighted by molar-refractivity contribution is 5.23. The van der Waals surface area contributed by atoms with Crippen LogP contribution < -0.4 is 5.73 Å². The van der Waals surface area contributed by atoms with Crippen LogP contribution in [-0.2, 0) is 6.54 Å². The molecule has 2 nitrogen and oxygen atoms in total. The van der Waals surface area contributed by atoms with E-state index in [1.54, 1.807) is 13.0 Å². The zero-order valence-electron chi connectivity index (χ0n) is 11.3. The molecule has 0 aromatic heterocycles. The molecule has 1 aromatic carbocycles. The van der Waals surface area contributed by atoms with Crippen LogP contribution in [0.1, 0.15) is 37.3 Å². The first-order valence-corrected chi connectivity index (χ1v) is 6.82. The van der Waals surface area contributed by atoms with Gasteiger partial charge >= 0.3 is 0 Å². The monoisotopic (exact) mass is 250 g/mol. The van der Waals surface area contributed by atoms with E-state index in [2.05, 4.69) is 11.8 Å². The zero-order valence-corrected chi connectivity index (χ0v) is 11.3.